The van der Waals surface area contributed by atoms with Gasteiger partial charge >= 0.3 is 11.9 Å². The van der Waals surface area contributed by atoms with Crippen molar-refractivity contribution in [3.8, 4) is 0 Å². The van der Waals surface area contributed by atoms with Crippen molar-refractivity contribution in [3.63, 3.8) is 0 Å². The Balaban J connectivity index is 1.93. The SMILES string of the molecule is C=CC(=O)OCCNCC(=O)OCP(=O)(c1ccccc1)c1ccccc1. The van der Waals surface area contributed by atoms with Gasteiger partial charge < -0.3 is 19.4 Å². The molecule has 0 saturated heterocycles. The number of carbonyl (C=O) groups excluding carboxylic acids is 2. The average molecular weight is 387 g/mol. The fourth-order valence-corrected chi connectivity index (χ4v) is 4.55. The number of ether oxygens (including phenoxy) is 2. The first kappa shape index (κ1) is 20.6. The second kappa shape index (κ2) is 10.5. The van der Waals surface area contributed by atoms with Crippen molar-refractivity contribution in [2.75, 3.05) is 26.0 Å². The summed E-state index contributed by atoms with van der Waals surface area (Å²) in [6.07, 6.45) is 0.853. The zero-order valence-electron chi connectivity index (χ0n) is 14.9. The summed E-state index contributed by atoms with van der Waals surface area (Å²) in [4.78, 5) is 22.9. The normalized spacial score (nSPS) is 10.8. The van der Waals surface area contributed by atoms with Crippen molar-refractivity contribution < 1.29 is 23.6 Å². The van der Waals surface area contributed by atoms with E-state index in [1.165, 1.54) is 0 Å². The maximum Gasteiger partial charge on any atom is 0.330 e. The van der Waals surface area contributed by atoms with Gasteiger partial charge in [0.1, 0.15) is 6.61 Å². The van der Waals surface area contributed by atoms with E-state index in [4.69, 9.17) is 9.47 Å². The van der Waals surface area contributed by atoms with E-state index in [0.29, 0.717) is 17.2 Å². The summed E-state index contributed by atoms with van der Waals surface area (Å²) >= 11 is 0. The molecule has 27 heavy (non-hydrogen) atoms. The largest absolute Gasteiger partial charge is 0.461 e. The summed E-state index contributed by atoms with van der Waals surface area (Å²) in [5.41, 5.74) is 0. The minimum Gasteiger partial charge on any atom is -0.461 e. The van der Waals surface area contributed by atoms with Crippen LogP contribution in [-0.2, 0) is 23.6 Å². The van der Waals surface area contributed by atoms with Crippen LogP contribution in [0.2, 0.25) is 0 Å². The van der Waals surface area contributed by atoms with Crippen LogP contribution in [0.5, 0.6) is 0 Å². The zero-order chi connectivity index (χ0) is 19.5. The standard InChI is InChI=1S/C20H22NO5P/c1-2-19(22)25-14-13-21-15-20(23)26-16-27(24,17-9-5-3-6-10-17)18-11-7-4-8-12-18/h2-12,21H,1,13-16H2. The number of rotatable bonds is 10. The highest BCUT2D eigenvalue weighted by Gasteiger charge is 2.28. The maximum atomic E-state index is 13.6. The van der Waals surface area contributed by atoms with Gasteiger partial charge in [-0.25, -0.2) is 4.79 Å². The topological polar surface area (TPSA) is 81.7 Å². The van der Waals surface area contributed by atoms with Crippen molar-refractivity contribution in [3.05, 3.63) is 73.3 Å². The predicted molar refractivity (Wildman–Crippen MR) is 105 cm³/mol. The van der Waals surface area contributed by atoms with Crippen LogP contribution in [0.25, 0.3) is 0 Å². The van der Waals surface area contributed by atoms with Gasteiger partial charge in [0.05, 0.1) is 6.54 Å². The van der Waals surface area contributed by atoms with E-state index in [-0.39, 0.29) is 19.5 Å². The van der Waals surface area contributed by atoms with Gasteiger partial charge in [0.2, 0.25) is 0 Å². The highest BCUT2D eigenvalue weighted by Crippen LogP contribution is 2.43. The van der Waals surface area contributed by atoms with E-state index in [2.05, 4.69) is 11.9 Å². The molecule has 0 unspecified atom stereocenters. The molecule has 2 aromatic rings. The van der Waals surface area contributed by atoms with E-state index in [1.807, 2.05) is 12.1 Å². The van der Waals surface area contributed by atoms with Crippen LogP contribution in [0.4, 0.5) is 0 Å². The molecule has 0 radical (unpaired) electrons. The summed E-state index contributed by atoms with van der Waals surface area (Å²) in [6, 6.07) is 18.0. The molecule has 1 N–H and O–H groups in total. The van der Waals surface area contributed by atoms with Crippen LogP contribution in [0.15, 0.2) is 73.3 Å². The highest BCUT2D eigenvalue weighted by atomic mass is 31.2. The molecule has 0 amide bonds. The van der Waals surface area contributed by atoms with Crippen molar-refractivity contribution >= 4 is 29.7 Å². The molecule has 0 atom stereocenters. The van der Waals surface area contributed by atoms with Crippen LogP contribution in [-0.4, -0.2) is 38.0 Å². The molecule has 0 spiro atoms. The van der Waals surface area contributed by atoms with Crippen LogP contribution >= 0.6 is 7.14 Å². The van der Waals surface area contributed by atoms with Crippen LogP contribution in [0.3, 0.4) is 0 Å². The Morgan fingerprint density at radius 1 is 0.963 bits per heavy atom. The second-order valence-corrected chi connectivity index (χ2v) is 8.38. The Morgan fingerprint density at radius 2 is 1.52 bits per heavy atom. The molecule has 0 aliphatic heterocycles. The molecule has 0 saturated carbocycles. The molecule has 2 rings (SSSR count). The first-order chi connectivity index (χ1) is 13.1. The molecule has 2 aromatic carbocycles. The lowest BCUT2D eigenvalue weighted by Gasteiger charge is -2.19. The summed E-state index contributed by atoms with van der Waals surface area (Å²) in [7, 11) is -3.09. The van der Waals surface area contributed by atoms with Gasteiger partial charge in [0, 0.05) is 23.2 Å². The predicted octanol–water partition coefficient (Wildman–Crippen LogP) is 1.82. The van der Waals surface area contributed by atoms with Crippen molar-refractivity contribution in [2.24, 2.45) is 0 Å². The Labute approximate surface area is 158 Å². The molecule has 0 heterocycles. The number of carbonyl (C=O) groups is 2. The third-order valence-corrected chi connectivity index (χ3v) is 6.47. The first-order valence-electron chi connectivity index (χ1n) is 8.42. The molecule has 0 aliphatic carbocycles. The summed E-state index contributed by atoms with van der Waals surface area (Å²) in [5, 5.41) is 4.07. The zero-order valence-corrected chi connectivity index (χ0v) is 15.8. The highest BCUT2D eigenvalue weighted by molar-refractivity contribution is 7.78. The molecule has 0 fully saturated rings. The number of benzene rings is 2. The van der Waals surface area contributed by atoms with Gasteiger partial charge in [-0.05, 0) is 0 Å². The molecule has 7 heteroatoms. The smallest absolute Gasteiger partial charge is 0.330 e. The van der Waals surface area contributed by atoms with E-state index < -0.39 is 19.1 Å². The first-order valence-corrected chi connectivity index (χ1v) is 10.3. The third-order valence-electron chi connectivity index (χ3n) is 3.71. The molecule has 0 bridgehead atoms. The lowest BCUT2D eigenvalue weighted by molar-refractivity contribution is -0.140. The Morgan fingerprint density at radius 3 is 2.04 bits per heavy atom. The fraction of sp³-hybridized carbons (Fsp3) is 0.200. The second-order valence-electron chi connectivity index (χ2n) is 5.60. The van der Waals surface area contributed by atoms with Crippen LogP contribution < -0.4 is 15.9 Å². The van der Waals surface area contributed by atoms with E-state index in [0.717, 1.165) is 6.08 Å². The molecule has 6 nitrogen and oxygen atoms in total. The van der Waals surface area contributed by atoms with Crippen molar-refractivity contribution in [2.45, 2.75) is 0 Å². The number of esters is 2. The summed E-state index contributed by atoms with van der Waals surface area (Å²) in [6.45, 7) is 3.63. The minimum atomic E-state index is -3.09. The summed E-state index contributed by atoms with van der Waals surface area (Å²) in [5.74, 6) is -1.05. The minimum absolute atomic E-state index is 0.0742. The third kappa shape index (κ3) is 6.20. The molecule has 0 aliphatic rings. The van der Waals surface area contributed by atoms with Gasteiger partial charge in [-0.2, -0.15) is 0 Å². The Hall–Kier alpha value is -2.69. The van der Waals surface area contributed by atoms with Crippen molar-refractivity contribution in [1.29, 1.82) is 0 Å². The van der Waals surface area contributed by atoms with Gasteiger partial charge in [-0.15, -0.1) is 0 Å². The molecule has 0 aromatic heterocycles. The quantitative estimate of drug-likeness (QED) is 0.290. The fourth-order valence-electron chi connectivity index (χ4n) is 2.32. The number of hydrogen-bond acceptors (Lipinski definition) is 6. The molecule has 142 valence electrons. The van der Waals surface area contributed by atoms with Crippen molar-refractivity contribution in [1.82, 2.24) is 5.32 Å². The lowest BCUT2D eigenvalue weighted by atomic mass is 10.4. The van der Waals surface area contributed by atoms with Gasteiger partial charge in [0.15, 0.2) is 13.5 Å². The van der Waals surface area contributed by atoms with Gasteiger partial charge in [-0.3, -0.25) is 4.79 Å². The van der Waals surface area contributed by atoms with Gasteiger partial charge in [-0.1, -0.05) is 67.2 Å². The van der Waals surface area contributed by atoms with Crippen LogP contribution in [0, 0.1) is 0 Å². The maximum absolute atomic E-state index is 13.6. The summed E-state index contributed by atoms with van der Waals surface area (Å²) < 4.78 is 23.7. The van der Waals surface area contributed by atoms with E-state index in [9.17, 15) is 14.2 Å². The van der Waals surface area contributed by atoms with Crippen LogP contribution in [0.1, 0.15) is 0 Å². The molecular formula is C20H22NO5P. The Bertz CT molecular complexity index is 764. The number of hydrogen-bond donors (Lipinski definition) is 1. The molecular weight excluding hydrogens is 365 g/mol. The van der Waals surface area contributed by atoms with E-state index >= 15 is 0 Å². The Kier molecular flexibility index (Phi) is 7.99. The van der Waals surface area contributed by atoms with Gasteiger partial charge in [0.25, 0.3) is 0 Å². The lowest BCUT2D eigenvalue weighted by Crippen LogP contribution is -2.29. The average Bonchev–Trinajstić information content (AvgIpc) is 2.72. The van der Waals surface area contributed by atoms with E-state index in [1.54, 1.807) is 48.5 Å². The number of nitrogens with one attached hydrogen (secondary N) is 1. The monoisotopic (exact) mass is 387 g/mol.